The third kappa shape index (κ3) is 3.53. The zero-order valence-corrected chi connectivity index (χ0v) is 12.6. The predicted octanol–water partition coefficient (Wildman–Crippen LogP) is 4.25. The Hall–Kier alpha value is -1.73. The third-order valence-corrected chi connectivity index (χ3v) is 3.37. The number of amides is 1. The topological polar surface area (TPSA) is 55.1 Å². The summed E-state index contributed by atoms with van der Waals surface area (Å²) in [5.74, 6) is -0.910. The van der Waals surface area contributed by atoms with Gasteiger partial charge in [0.15, 0.2) is 0 Å². The summed E-state index contributed by atoms with van der Waals surface area (Å²) in [6, 6.07) is 4.62. The van der Waals surface area contributed by atoms with Crippen LogP contribution < -0.4 is 5.32 Å². The molecule has 1 heterocycles. The summed E-state index contributed by atoms with van der Waals surface area (Å²) in [7, 11) is 0. The van der Waals surface area contributed by atoms with E-state index in [4.69, 9.17) is 27.7 Å². The Morgan fingerprint density at radius 3 is 2.45 bits per heavy atom. The number of benzene rings is 1. The lowest BCUT2D eigenvalue weighted by atomic mass is 10.1. The van der Waals surface area contributed by atoms with Crippen molar-refractivity contribution in [2.24, 2.45) is 0 Å². The van der Waals surface area contributed by atoms with Gasteiger partial charge in [0.1, 0.15) is 23.6 Å². The molecule has 0 aliphatic heterocycles. The standard InChI is InChI=1S/C13H9Cl2F3N2O2/c1-6-9(12(21)19-5-13(16,17)18)11(20-22-6)10-7(14)3-2-4-8(10)15/h2-4H,5H2,1H3,(H,19,21). The molecule has 1 amide bonds. The maximum atomic E-state index is 12.2. The Kier molecular flexibility index (Phi) is 4.67. The number of aromatic nitrogens is 1. The molecule has 1 aromatic carbocycles. The fourth-order valence-electron chi connectivity index (χ4n) is 1.80. The maximum absolute atomic E-state index is 12.2. The Morgan fingerprint density at radius 2 is 1.91 bits per heavy atom. The fourth-order valence-corrected chi connectivity index (χ4v) is 2.38. The zero-order valence-electron chi connectivity index (χ0n) is 11.1. The van der Waals surface area contributed by atoms with Crippen LogP contribution in [-0.4, -0.2) is 23.8 Å². The minimum absolute atomic E-state index is 0.00669. The van der Waals surface area contributed by atoms with Gasteiger partial charge >= 0.3 is 6.18 Å². The van der Waals surface area contributed by atoms with Crippen molar-refractivity contribution in [2.75, 3.05) is 6.54 Å². The predicted molar refractivity (Wildman–Crippen MR) is 75.1 cm³/mol. The first-order chi connectivity index (χ1) is 10.2. The number of nitrogens with one attached hydrogen (secondary N) is 1. The van der Waals surface area contributed by atoms with Crippen molar-refractivity contribution in [1.82, 2.24) is 10.5 Å². The van der Waals surface area contributed by atoms with E-state index < -0.39 is 18.6 Å². The number of rotatable bonds is 3. The van der Waals surface area contributed by atoms with Gasteiger partial charge in [0, 0.05) is 5.56 Å². The Bertz CT molecular complexity index is 694. The molecule has 0 aliphatic rings. The molecule has 0 atom stereocenters. The van der Waals surface area contributed by atoms with Crippen LogP contribution in [0.25, 0.3) is 11.3 Å². The van der Waals surface area contributed by atoms with Crippen molar-refractivity contribution in [3.8, 4) is 11.3 Å². The zero-order chi connectivity index (χ0) is 16.5. The molecule has 0 saturated carbocycles. The number of halogens is 5. The SMILES string of the molecule is Cc1onc(-c2c(Cl)cccc2Cl)c1C(=O)NCC(F)(F)F. The fraction of sp³-hybridized carbons (Fsp3) is 0.231. The molecule has 0 spiro atoms. The molecule has 2 aromatic rings. The Morgan fingerprint density at radius 1 is 1.32 bits per heavy atom. The monoisotopic (exact) mass is 352 g/mol. The van der Waals surface area contributed by atoms with Crippen molar-refractivity contribution in [3.05, 3.63) is 39.6 Å². The number of carbonyl (C=O) groups excluding carboxylic acids is 1. The number of nitrogens with zero attached hydrogens (tertiary/aromatic N) is 1. The summed E-state index contributed by atoms with van der Waals surface area (Å²) in [4.78, 5) is 12.0. The van der Waals surface area contributed by atoms with Gasteiger partial charge < -0.3 is 9.84 Å². The van der Waals surface area contributed by atoms with E-state index in [-0.39, 0.29) is 32.6 Å². The quantitative estimate of drug-likeness (QED) is 0.898. The van der Waals surface area contributed by atoms with Crippen LogP contribution >= 0.6 is 23.2 Å². The first kappa shape index (κ1) is 16.6. The van der Waals surface area contributed by atoms with E-state index in [1.165, 1.54) is 19.1 Å². The Balaban J connectivity index is 2.43. The highest BCUT2D eigenvalue weighted by atomic mass is 35.5. The van der Waals surface area contributed by atoms with Crippen LogP contribution in [0.5, 0.6) is 0 Å². The van der Waals surface area contributed by atoms with E-state index in [2.05, 4.69) is 5.16 Å². The van der Waals surface area contributed by atoms with Gasteiger partial charge in [-0.15, -0.1) is 0 Å². The van der Waals surface area contributed by atoms with Gasteiger partial charge in [0.05, 0.1) is 10.0 Å². The summed E-state index contributed by atoms with van der Waals surface area (Å²) in [5.41, 5.74) is 0.0758. The smallest absolute Gasteiger partial charge is 0.360 e. The summed E-state index contributed by atoms with van der Waals surface area (Å²) in [6.45, 7) is -0.0596. The first-order valence-electron chi connectivity index (χ1n) is 5.96. The molecular formula is C13H9Cl2F3N2O2. The van der Waals surface area contributed by atoms with E-state index >= 15 is 0 Å². The molecule has 1 N–H and O–H groups in total. The summed E-state index contributed by atoms with van der Waals surface area (Å²) in [5, 5.41) is 5.85. The minimum Gasteiger partial charge on any atom is -0.360 e. The lowest BCUT2D eigenvalue weighted by Crippen LogP contribution is -2.34. The minimum atomic E-state index is -4.52. The second-order valence-electron chi connectivity index (χ2n) is 4.36. The molecular weight excluding hydrogens is 344 g/mol. The lowest BCUT2D eigenvalue weighted by Gasteiger charge is -2.09. The molecule has 9 heteroatoms. The van der Waals surface area contributed by atoms with Crippen LogP contribution in [0.1, 0.15) is 16.1 Å². The first-order valence-corrected chi connectivity index (χ1v) is 6.72. The Labute approximate surface area is 133 Å². The third-order valence-electron chi connectivity index (χ3n) is 2.74. The van der Waals surface area contributed by atoms with E-state index in [0.717, 1.165) is 0 Å². The summed E-state index contributed by atoms with van der Waals surface area (Å²) < 4.78 is 41.5. The molecule has 1 aromatic heterocycles. The second-order valence-corrected chi connectivity index (χ2v) is 5.17. The van der Waals surface area contributed by atoms with Crippen LogP contribution in [0.15, 0.2) is 22.7 Å². The average Bonchev–Trinajstić information content (AvgIpc) is 2.77. The van der Waals surface area contributed by atoms with Gasteiger partial charge in [-0.1, -0.05) is 34.4 Å². The van der Waals surface area contributed by atoms with Crippen molar-refractivity contribution in [2.45, 2.75) is 13.1 Å². The van der Waals surface area contributed by atoms with E-state index in [1.807, 2.05) is 0 Å². The van der Waals surface area contributed by atoms with E-state index in [0.29, 0.717) is 0 Å². The van der Waals surface area contributed by atoms with Crippen LogP contribution in [0.4, 0.5) is 13.2 Å². The van der Waals surface area contributed by atoms with Crippen LogP contribution in [0.3, 0.4) is 0 Å². The van der Waals surface area contributed by atoms with Crippen molar-refractivity contribution < 1.29 is 22.5 Å². The number of aryl methyl sites for hydroxylation is 1. The van der Waals surface area contributed by atoms with Gasteiger partial charge in [-0.3, -0.25) is 4.79 Å². The number of alkyl halides is 3. The number of hydrogen-bond donors (Lipinski definition) is 1. The van der Waals surface area contributed by atoms with Gasteiger partial charge in [-0.05, 0) is 19.1 Å². The molecule has 118 valence electrons. The molecule has 0 bridgehead atoms. The molecule has 0 saturated heterocycles. The number of carbonyl (C=O) groups is 1. The summed E-state index contributed by atoms with van der Waals surface area (Å²) in [6.07, 6.45) is -4.52. The molecule has 4 nitrogen and oxygen atoms in total. The van der Waals surface area contributed by atoms with Crippen molar-refractivity contribution in [1.29, 1.82) is 0 Å². The highest BCUT2D eigenvalue weighted by Crippen LogP contribution is 2.36. The molecule has 2 rings (SSSR count). The van der Waals surface area contributed by atoms with E-state index in [9.17, 15) is 18.0 Å². The maximum Gasteiger partial charge on any atom is 0.405 e. The van der Waals surface area contributed by atoms with Crippen molar-refractivity contribution >= 4 is 29.1 Å². The normalized spacial score (nSPS) is 11.5. The van der Waals surface area contributed by atoms with Crippen LogP contribution in [-0.2, 0) is 0 Å². The molecule has 0 radical (unpaired) electrons. The van der Waals surface area contributed by atoms with Crippen LogP contribution in [0.2, 0.25) is 10.0 Å². The highest BCUT2D eigenvalue weighted by molar-refractivity contribution is 6.39. The largest absolute Gasteiger partial charge is 0.405 e. The van der Waals surface area contributed by atoms with E-state index in [1.54, 1.807) is 11.4 Å². The molecule has 0 fully saturated rings. The number of hydrogen-bond acceptors (Lipinski definition) is 3. The van der Waals surface area contributed by atoms with Gasteiger partial charge in [0.2, 0.25) is 0 Å². The van der Waals surface area contributed by atoms with Gasteiger partial charge in [0.25, 0.3) is 5.91 Å². The second kappa shape index (κ2) is 6.18. The van der Waals surface area contributed by atoms with Gasteiger partial charge in [-0.2, -0.15) is 13.2 Å². The molecule has 0 aliphatic carbocycles. The van der Waals surface area contributed by atoms with Crippen molar-refractivity contribution in [3.63, 3.8) is 0 Å². The van der Waals surface area contributed by atoms with Gasteiger partial charge in [-0.25, -0.2) is 0 Å². The average molecular weight is 353 g/mol. The van der Waals surface area contributed by atoms with Crippen LogP contribution in [0, 0.1) is 6.92 Å². The highest BCUT2D eigenvalue weighted by Gasteiger charge is 2.30. The summed E-state index contributed by atoms with van der Waals surface area (Å²) >= 11 is 12.0. The molecule has 0 unspecified atom stereocenters. The lowest BCUT2D eigenvalue weighted by molar-refractivity contribution is -0.123. The molecule has 22 heavy (non-hydrogen) atoms.